The van der Waals surface area contributed by atoms with E-state index in [1.165, 1.54) is 23.0 Å². The molecule has 148 valence electrons. The smallest absolute Gasteiger partial charge is 0.305 e. The summed E-state index contributed by atoms with van der Waals surface area (Å²) in [6.07, 6.45) is 2.27. The monoisotopic (exact) mass is 418 g/mol. The number of nitriles is 1. The summed E-state index contributed by atoms with van der Waals surface area (Å²) in [6.45, 7) is 5.43. The van der Waals surface area contributed by atoms with Crippen molar-refractivity contribution in [3.05, 3.63) is 41.9 Å². The molecule has 8 heteroatoms. The van der Waals surface area contributed by atoms with Gasteiger partial charge in [-0.3, -0.25) is 19.0 Å². The van der Waals surface area contributed by atoms with E-state index in [1.54, 1.807) is 26.8 Å². The Bertz CT molecular complexity index is 1080. The molecular formula is C20H22N2O4S2. The highest BCUT2D eigenvalue weighted by molar-refractivity contribution is 7.08. The van der Waals surface area contributed by atoms with Crippen LogP contribution in [0.3, 0.4) is 0 Å². The van der Waals surface area contributed by atoms with E-state index in [0.29, 0.717) is 15.6 Å². The van der Waals surface area contributed by atoms with Gasteiger partial charge in [0.25, 0.3) is 5.56 Å². The second kappa shape index (κ2) is 9.13. The number of hydrogen-bond acceptors (Lipinski definition) is 7. The van der Waals surface area contributed by atoms with Crippen LogP contribution in [-0.4, -0.2) is 23.4 Å². The van der Waals surface area contributed by atoms with Crippen LogP contribution in [0.2, 0.25) is 0 Å². The molecule has 0 bridgehead atoms. The maximum absolute atomic E-state index is 12.9. The first-order valence-corrected chi connectivity index (χ1v) is 10.4. The van der Waals surface area contributed by atoms with Crippen molar-refractivity contribution in [2.24, 2.45) is 5.41 Å². The average Bonchev–Trinajstić information content (AvgIpc) is 3.25. The number of esters is 1. The number of ether oxygens (including phenoxy) is 1. The molecule has 0 spiro atoms. The number of carbonyl (C=O) groups excluding carboxylic acids is 2. The molecule has 0 N–H and O–H groups in total. The van der Waals surface area contributed by atoms with E-state index in [9.17, 15) is 19.6 Å². The fourth-order valence-electron chi connectivity index (χ4n) is 2.47. The maximum Gasteiger partial charge on any atom is 0.305 e. The van der Waals surface area contributed by atoms with Crippen LogP contribution in [0.1, 0.15) is 39.2 Å². The number of Topliss-reactive ketones (excluding diaryl/α,β-unsaturated/α-hetero) is 1. The van der Waals surface area contributed by atoms with E-state index >= 15 is 0 Å². The van der Waals surface area contributed by atoms with Crippen LogP contribution in [0.25, 0.3) is 11.6 Å². The molecule has 0 aliphatic rings. The molecular weight excluding hydrogens is 396 g/mol. The van der Waals surface area contributed by atoms with E-state index in [2.05, 4.69) is 4.74 Å². The molecule has 2 rings (SSSR count). The number of ketones is 1. The molecule has 28 heavy (non-hydrogen) atoms. The first-order chi connectivity index (χ1) is 13.2. The van der Waals surface area contributed by atoms with Crippen molar-refractivity contribution in [3.63, 3.8) is 0 Å². The van der Waals surface area contributed by atoms with Gasteiger partial charge in [-0.2, -0.15) is 16.6 Å². The molecule has 0 aromatic carbocycles. The topological polar surface area (TPSA) is 89.2 Å². The lowest BCUT2D eigenvalue weighted by Crippen LogP contribution is -2.34. The number of rotatable bonds is 6. The Morgan fingerprint density at radius 1 is 1.36 bits per heavy atom. The summed E-state index contributed by atoms with van der Waals surface area (Å²) < 4.78 is 6.84. The third-order valence-corrected chi connectivity index (χ3v) is 5.80. The van der Waals surface area contributed by atoms with E-state index in [4.69, 9.17) is 0 Å². The predicted molar refractivity (Wildman–Crippen MR) is 110 cm³/mol. The Hall–Kier alpha value is -2.50. The van der Waals surface area contributed by atoms with E-state index < -0.39 is 5.41 Å². The normalized spacial score (nSPS) is 13.2. The Morgan fingerprint density at radius 2 is 2.07 bits per heavy atom. The van der Waals surface area contributed by atoms with Crippen molar-refractivity contribution in [3.8, 4) is 6.07 Å². The second-order valence-electron chi connectivity index (χ2n) is 7.17. The molecule has 0 aliphatic carbocycles. The summed E-state index contributed by atoms with van der Waals surface area (Å²) in [6, 6.07) is 3.88. The van der Waals surface area contributed by atoms with Gasteiger partial charge in [-0.1, -0.05) is 20.8 Å². The SMILES string of the molecule is COC(=O)CCCn1c(=O)/c(=C\c2ccsc2)s/c1=C(/C#N)C(=O)C(C)(C)C. The second-order valence-corrected chi connectivity index (χ2v) is 8.99. The molecule has 0 unspecified atom stereocenters. The highest BCUT2D eigenvalue weighted by Crippen LogP contribution is 2.19. The third-order valence-electron chi connectivity index (χ3n) is 3.97. The van der Waals surface area contributed by atoms with Gasteiger partial charge >= 0.3 is 5.97 Å². The van der Waals surface area contributed by atoms with E-state index in [0.717, 1.165) is 16.9 Å². The summed E-state index contributed by atoms with van der Waals surface area (Å²) >= 11 is 2.64. The molecule has 2 aromatic heterocycles. The van der Waals surface area contributed by atoms with Crippen LogP contribution < -0.4 is 14.8 Å². The van der Waals surface area contributed by atoms with Crippen LogP contribution in [0.15, 0.2) is 21.6 Å². The molecule has 0 saturated heterocycles. The summed E-state index contributed by atoms with van der Waals surface area (Å²) in [5.74, 6) is -0.690. The van der Waals surface area contributed by atoms with Crippen molar-refractivity contribution >= 4 is 46.1 Å². The van der Waals surface area contributed by atoms with Gasteiger partial charge in [-0.05, 0) is 34.9 Å². The lowest BCUT2D eigenvalue weighted by atomic mass is 9.87. The zero-order valence-corrected chi connectivity index (χ0v) is 17.9. The molecule has 6 nitrogen and oxygen atoms in total. The summed E-state index contributed by atoms with van der Waals surface area (Å²) in [5.41, 5.74) is -0.167. The first kappa shape index (κ1) is 21.8. The molecule has 0 amide bonds. The van der Waals surface area contributed by atoms with E-state index in [1.807, 2.05) is 22.9 Å². The van der Waals surface area contributed by atoms with Gasteiger partial charge in [0.15, 0.2) is 5.78 Å². The highest BCUT2D eigenvalue weighted by atomic mass is 32.1. The lowest BCUT2D eigenvalue weighted by Gasteiger charge is -2.15. The number of aromatic nitrogens is 1. The Labute approximate surface area is 171 Å². The highest BCUT2D eigenvalue weighted by Gasteiger charge is 2.27. The van der Waals surface area contributed by atoms with Crippen molar-refractivity contribution < 1.29 is 14.3 Å². The standard InChI is InChI=1S/C20H22N2O4S2/c1-20(2,3)17(24)14(11-21)19-22(8-5-6-16(23)26-4)18(25)15(28-19)10-13-7-9-27-12-13/h7,9-10,12H,5-6,8H2,1-4H3/b15-10+,19-14-. The Kier molecular flexibility index (Phi) is 7.11. The summed E-state index contributed by atoms with van der Waals surface area (Å²) in [5, 5.41) is 13.5. The van der Waals surface area contributed by atoms with Crippen LogP contribution in [0, 0.1) is 16.7 Å². The summed E-state index contributed by atoms with van der Waals surface area (Å²) in [7, 11) is 1.31. The minimum atomic E-state index is -0.751. The zero-order valence-electron chi connectivity index (χ0n) is 16.3. The van der Waals surface area contributed by atoms with Crippen LogP contribution in [-0.2, 0) is 20.9 Å². The van der Waals surface area contributed by atoms with Gasteiger partial charge in [0, 0.05) is 18.4 Å². The van der Waals surface area contributed by atoms with Gasteiger partial charge in [0.1, 0.15) is 16.3 Å². The van der Waals surface area contributed by atoms with Gasteiger partial charge in [0.2, 0.25) is 0 Å². The average molecular weight is 419 g/mol. The number of nitrogens with zero attached hydrogens (tertiary/aromatic N) is 2. The molecule has 0 aliphatic heterocycles. The van der Waals surface area contributed by atoms with Gasteiger partial charge < -0.3 is 4.74 Å². The number of methoxy groups -OCH3 is 1. The molecule has 0 fully saturated rings. The zero-order chi connectivity index (χ0) is 20.9. The fraction of sp³-hybridized carbons (Fsp3) is 0.400. The quantitative estimate of drug-likeness (QED) is 0.670. The van der Waals surface area contributed by atoms with Gasteiger partial charge in [0.05, 0.1) is 11.6 Å². The first-order valence-electron chi connectivity index (χ1n) is 8.68. The van der Waals surface area contributed by atoms with E-state index in [-0.39, 0.29) is 35.9 Å². The predicted octanol–water partition coefficient (Wildman–Crippen LogP) is 2.04. The minimum absolute atomic E-state index is 0.0300. The summed E-state index contributed by atoms with van der Waals surface area (Å²) in [4.78, 5) is 37.1. The van der Waals surface area contributed by atoms with Gasteiger partial charge in [-0.25, -0.2) is 0 Å². The number of carbonyl (C=O) groups is 2. The van der Waals surface area contributed by atoms with Crippen molar-refractivity contribution in [1.29, 1.82) is 5.26 Å². The van der Waals surface area contributed by atoms with Crippen molar-refractivity contribution in [1.82, 2.24) is 4.57 Å². The largest absolute Gasteiger partial charge is 0.469 e. The molecule has 0 atom stereocenters. The van der Waals surface area contributed by atoms with Gasteiger partial charge in [-0.15, -0.1) is 11.3 Å². The number of hydrogen-bond donors (Lipinski definition) is 0. The molecule has 0 radical (unpaired) electrons. The number of thiazole rings is 1. The van der Waals surface area contributed by atoms with Crippen molar-refractivity contribution in [2.45, 2.75) is 40.2 Å². The fourth-order valence-corrected chi connectivity index (χ4v) is 4.21. The maximum atomic E-state index is 12.9. The van der Waals surface area contributed by atoms with Crippen LogP contribution in [0.5, 0.6) is 0 Å². The van der Waals surface area contributed by atoms with Crippen LogP contribution in [0.4, 0.5) is 0 Å². The van der Waals surface area contributed by atoms with Crippen molar-refractivity contribution in [2.75, 3.05) is 7.11 Å². The lowest BCUT2D eigenvalue weighted by molar-refractivity contribution is -0.140. The minimum Gasteiger partial charge on any atom is -0.469 e. The Balaban J connectivity index is 2.67. The Morgan fingerprint density at radius 3 is 2.61 bits per heavy atom. The molecule has 0 saturated carbocycles. The third kappa shape index (κ3) is 5.06. The molecule has 2 heterocycles. The van der Waals surface area contributed by atoms with Crippen LogP contribution >= 0.6 is 22.7 Å². The number of thiophene rings is 1. The molecule has 2 aromatic rings.